The number of methoxy groups -OCH3 is 1. The molecule has 0 aliphatic carbocycles. The summed E-state index contributed by atoms with van der Waals surface area (Å²) in [6.45, 7) is 0.620. The first-order valence-electron chi connectivity index (χ1n) is 2.18. The highest BCUT2D eigenvalue weighted by atomic mass is 16.6. The van der Waals surface area contributed by atoms with Crippen LogP contribution in [0, 0.1) is 0 Å². The van der Waals surface area contributed by atoms with Crippen LogP contribution in [0.3, 0.4) is 0 Å². The van der Waals surface area contributed by atoms with E-state index in [2.05, 4.69) is 15.2 Å². The summed E-state index contributed by atoms with van der Waals surface area (Å²) in [7, 11) is 1.52. The monoisotopic (exact) mass is 136 g/mol. The van der Waals surface area contributed by atoms with Crippen LogP contribution in [0.5, 0.6) is 0 Å². The van der Waals surface area contributed by atoms with Crippen LogP contribution in [0.25, 0.3) is 0 Å². The number of rotatable bonds is 3. The summed E-state index contributed by atoms with van der Waals surface area (Å²) in [5, 5.41) is 0. The molecule has 0 aliphatic rings. The Bertz CT molecular complexity index is 76.2. The van der Waals surface area contributed by atoms with Crippen LogP contribution in [-0.2, 0) is 9.47 Å². The van der Waals surface area contributed by atoms with E-state index < -0.39 is 6.09 Å². The van der Waals surface area contributed by atoms with Gasteiger partial charge in [-0.1, -0.05) is 0 Å². The van der Waals surface area contributed by atoms with E-state index in [9.17, 15) is 4.79 Å². The van der Waals surface area contributed by atoms with Gasteiger partial charge in [0.1, 0.15) is 6.61 Å². The van der Waals surface area contributed by atoms with Crippen LogP contribution in [0.2, 0.25) is 0 Å². The molecule has 1 amide bonds. The van der Waals surface area contributed by atoms with Crippen LogP contribution < -0.4 is 11.9 Å². The Balaban J connectivity index is 0. The number of nitrogens with two attached hydrogens (primary N) is 1. The van der Waals surface area contributed by atoms with Crippen LogP contribution in [0.4, 0.5) is 4.79 Å². The fourth-order valence-electron chi connectivity index (χ4n) is 0.226. The lowest BCUT2D eigenvalue weighted by molar-refractivity contribution is 0.105. The highest BCUT2D eigenvalue weighted by molar-refractivity contribution is 5.64. The first-order chi connectivity index (χ1) is 3.77. The zero-order valence-electron chi connectivity index (χ0n) is 5.42. The van der Waals surface area contributed by atoms with Crippen LogP contribution >= 0.6 is 0 Å². The molecule has 0 radical (unpaired) electrons. The maximum absolute atomic E-state index is 9.82. The lowest BCUT2D eigenvalue weighted by atomic mass is 10.8. The third-order valence-electron chi connectivity index (χ3n) is 0.532. The van der Waals surface area contributed by atoms with Crippen LogP contribution in [0.1, 0.15) is 0 Å². The van der Waals surface area contributed by atoms with E-state index in [4.69, 9.17) is 0 Å². The molecule has 0 saturated carbocycles. The molecule has 5 nitrogen and oxygen atoms in total. The summed E-state index contributed by atoms with van der Waals surface area (Å²) in [6.07, 6.45) is -0.762. The van der Waals surface area contributed by atoms with Crippen molar-refractivity contribution in [2.75, 3.05) is 20.3 Å². The van der Waals surface area contributed by atoms with Gasteiger partial charge in [0, 0.05) is 7.11 Å². The molecular formula is C4H12N2O3. The van der Waals surface area contributed by atoms with Gasteiger partial charge in [0.15, 0.2) is 0 Å². The Morgan fingerprint density at radius 3 is 2.44 bits per heavy atom. The number of ether oxygens (including phenoxy) is 2. The smallest absolute Gasteiger partial charge is 0.404 e. The molecule has 0 spiro atoms. The van der Waals surface area contributed by atoms with E-state index in [1.165, 1.54) is 7.11 Å². The van der Waals surface area contributed by atoms with E-state index in [0.29, 0.717) is 6.61 Å². The number of carbonyl (C=O) groups excluding carboxylic acids is 1. The van der Waals surface area contributed by atoms with E-state index in [1.807, 2.05) is 0 Å². The zero-order chi connectivity index (χ0) is 6.41. The van der Waals surface area contributed by atoms with Gasteiger partial charge < -0.3 is 21.4 Å². The molecule has 0 rings (SSSR count). The minimum atomic E-state index is -0.762. The summed E-state index contributed by atoms with van der Waals surface area (Å²) in [6, 6.07) is 0. The first-order valence-corrected chi connectivity index (χ1v) is 2.18. The van der Waals surface area contributed by atoms with E-state index in [-0.39, 0.29) is 12.8 Å². The minimum Gasteiger partial charge on any atom is -0.447 e. The number of carbonyl (C=O) groups is 1. The third kappa shape index (κ3) is 11.0. The van der Waals surface area contributed by atoms with E-state index >= 15 is 0 Å². The first kappa shape index (κ1) is 11.0. The van der Waals surface area contributed by atoms with Crippen molar-refractivity contribution < 1.29 is 14.3 Å². The maximum atomic E-state index is 9.82. The van der Waals surface area contributed by atoms with Crippen molar-refractivity contribution in [2.45, 2.75) is 0 Å². The SMILES string of the molecule is COCCOC(N)=O.N. The zero-order valence-corrected chi connectivity index (χ0v) is 5.42. The van der Waals surface area contributed by atoms with Gasteiger partial charge in [0.2, 0.25) is 0 Å². The van der Waals surface area contributed by atoms with E-state index in [1.54, 1.807) is 0 Å². The molecule has 0 bridgehead atoms. The molecule has 0 aromatic rings. The van der Waals surface area contributed by atoms with Crippen molar-refractivity contribution in [3.8, 4) is 0 Å². The molecule has 9 heavy (non-hydrogen) atoms. The molecule has 5 N–H and O–H groups in total. The molecule has 0 atom stereocenters. The van der Waals surface area contributed by atoms with Crippen LogP contribution in [-0.4, -0.2) is 26.4 Å². The standard InChI is InChI=1S/C4H9NO3.H3N/c1-7-2-3-8-4(5)6;/h2-3H2,1H3,(H2,5,6);1H3. The van der Waals surface area contributed by atoms with Gasteiger partial charge in [-0.25, -0.2) is 4.79 Å². The van der Waals surface area contributed by atoms with Gasteiger partial charge in [-0.05, 0) is 0 Å². The van der Waals surface area contributed by atoms with Crippen molar-refractivity contribution in [1.29, 1.82) is 0 Å². The van der Waals surface area contributed by atoms with Gasteiger partial charge in [-0.3, -0.25) is 0 Å². The second-order valence-electron chi connectivity index (χ2n) is 1.16. The molecular weight excluding hydrogens is 124 g/mol. The number of amides is 1. The predicted molar refractivity (Wildman–Crippen MR) is 32.4 cm³/mol. The van der Waals surface area contributed by atoms with Crippen molar-refractivity contribution in [1.82, 2.24) is 6.15 Å². The quantitative estimate of drug-likeness (QED) is 0.529. The Kier molecular flexibility index (Phi) is 8.83. The van der Waals surface area contributed by atoms with Crippen molar-refractivity contribution in [3.05, 3.63) is 0 Å². The second-order valence-corrected chi connectivity index (χ2v) is 1.16. The summed E-state index contributed by atoms with van der Waals surface area (Å²) in [5.41, 5.74) is 4.62. The number of hydrogen-bond acceptors (Lipinski definition) is 4. The van der Waals surface area contributed by atoms with Crippen molar-refractivity contribution in [2.24, 2.45) is 5.73 Å². The Morgan fingerprint density at radius 2 is 2.11 bits per heavy atom. The highest BCUT2D eigenvalue weighted by Gasteiger charge is 1.88. The summed E-state index contributed by atoms with van der Waals surface area (Å²) in [4.78, 5) is 9.82. The highest BCUT2D eigenvalue weighted by Crippen LogP contribution is 1.72. The molecule has 0 unspecified atom stereocenters. The molecule has 0 heterocycles. The normalized spacial score (nSPS) is 7.67. The van der Waals surface area contributed by atoms with Gasteiger partial charge >= 0.3 is 6.09 Å². The Morgan fingerprint density at radius 1 is 1.56 bits per heavy atom. The lowest BCUT2D eigenvalue weighted by Crippen LogP contribution is -2.15. The van der Waals surface area contributed by atoms with Gasteiger partial charge in [-0.2, -0.15) is 0 Å². The topological polar surface area (TPSA) is 96.6 Å². The van der Waals surface area contributed by atoms with E-state index in [0.717, 1.165) is 0 Å². The average molecular weight is 136 g/mol. The largest absolute Gasteiger partial charge is 0.447 e. The average Bonchev–Trinajstić information content (AvgIpc) is 1.66. The molecule has 0 aromatic carbocycles. The molecule has 0 aromatic heterocycles. The molecule has 56 valence electrons. The Hall–Kier alpha value is -0.810. The Labute approximate surface area is 53.7 Å². The van der Waals surface area contributed by atoms with Crippen LogP contribution in [0.15, 0.2) is 0 Å². The summed E-state index contributed by atoms with van der Waals surface area (Å²) < 4.78 is 8.86. The fraction of sp³-hybridized carbons (Fsp3) is 0.750. The second kappa shape index (κ2) is 7.19. The molecule has 0 aliphatic heterocycles. The van der Waals surface area contributed by atoms with Crippen molar-refractivity contribution in [3.63, 3.8) is 0 Å². The number of hydrogen-bond donors (Lipinski definition) is 2. The minimum absolute atomic E-state index is 0. The predicted octanol–water partition coefficient (Wildman–Crippen LogP) is -0.110. The van der Waals surface area contributed by atoms with Gasteiger partial charge in [0.25, 0.3) is 0 Å². The van der Waals surface area contributed by atoms with Crippen molar-refractivity contribution >= 4 is 6.09 Å². The molecule has 0 saturated heterocycles. The number of primary amides is 1. The fourth-order valence-corrected chi connectivity index (χ4v) is 0.226. The lowest BCUT2D eigenvalue weighted by Gasteiger charge is -1.96. The summed E-state index contributed by atoms with van der Waals surface area (Å²) in [5.74, 6) is 0. The third-order valence-corrected chi connectivity index (χ3v) is 0.532. The van der Waals surface area contributed by atoms with Gasteiger partial charge in [0.05, 0.1) is 6.61 Å². The van der Waals surface area contributed by atoms with Gasteiger partial charge in [-0.15, -0.1) is 0 Å². The summed E-state index contributed by atoms with van der Waals surface area (Å²) >= 11 is 0. The molecule has 0 fully saturated rings. The maximum Gasteiger partial charge on any atom is 0.404 e. The molecule has 5 heteroatoms.